The molecule has 0 saturated carbocycles. The number of hydrogen-bond acceptors (Lipinski definition) is 5. The molecule has 0 radical (unpaired) electrons. The van der Waals surface area contributed by atoms with E-state index in [0.29, 0.717) is 29.4 Å². The molecule has 1 heterocycles. The lowest BCUT2D eigenvalue weighted by Crippen LogP contribution is -2.46. The molecule has 0 unspecified atom stereocenters. The Bertz CT molecular complexity index is 907. The molecule has 1 aliphatic heterocycles. The van der Waals surface area contributed by atoms with Crippen molar-refractivity contribution in [2.45, 2.75) is 53.5 Å². The fourth-order valence-corrected chi connectivity index (χ4v) is 4.34. The van der Waals surface area contributed by atoms with Gasteiger partial charge in [0, 0.05) is 32.0 Å². The fourth-order valence-electron chi connectivity index (χ4n) is 4.09. The number of ether oxygens (including phenoxy) is 2. The average molecular weight is 476 g/mol. The van der Waals surface area contributed by atoms with Crippen LogP contribution in [-0.4, -0.2) is 49.3 Å². The van der Waals surface area contributed by atoms with Crippen molar-refractivity contribution in [3.8, 4) is 0 Å². The molecule has 33 heavy (non-hydrogen) atoms. The van der Waals surface area contributed by atoms with Crippen LogP contribution in [0.2, 0.25) is 0 Å². The summed E-state index contributed by atoms with van der Waals surface area (Å²) < 4.78 is 10.4. The van der Waals surface area contributed by atoms with Crippen LogP contribution in [0, 0.1) is 11.3 Å². The Labute approximate surface area is 202 Å². The predicted molar refractivity (Wildman–Crippen MR) is 135 cm³/mol. The predicted octanol–water partition coefficient (Wildman–Crippen LogP) is 4.41. The SMILES string of the molecule is COCCOC(=O)C1=C(C)N(C)C(=S)N[C@H]1c1cccc(NC(=O)C[C@H](C)CC(C)(C)C)c1. The molecule has 0 fully saturated rings. The van der Waals surface area contributed by atoms with Crippen LogP contribution >= 0.6 is 12.2 Å². The lowest BCUT2D eigenvalue weighted by Gasteiger charge is -2.35. The zero-order chi connectivity index (χ0) is 24.8. The lowest BCUT2D eigenvalue weighted by molar-refractivity contribution is -0.140. The Morgan fingerprint density at radius 1 is 1.27 bits per heavy atom. The molecule has 0 spiro atoms. The minimum absolute atomic E-state index is 0.0262. The molecule has 1 aliphatic rings. The molecule has 1 aromatic carbocycles. The first-order valence-corrected chi connectivity index (χ1v) is 11.6. The summed E-state index contributed by atoms with van der Waals surface area (Å²) >= 11 is 5.46. The summed E-state index contributed by atoms with van der Waals surface area (Å²) in [7, 11) is 3.36. The van der Waals surface area contributed by atoms with Gasteiger partial charge in [0.2, 0.25) is 5.91 Å². The van der Waals surface area contributed by atoms with E-state index in [0.717, 1.165) is 17.7 Å². The summed E-state index contributed by atoms with van der Waals surface area (Å²) in [5, 5.41) is 6.73. The third-order valence-electron chi connectivity index (χ3n) is 5.49. The largest absolute Gasteiger partial charge is 0.460 e. The van der Waals surface area contributed by atoms with E-state index in [2.05, 4.69) is 38.3 Å². The number of benzene rings is 1. The number of nitrogens with zero attached hydrogens (tertiary/aromatic N) is 1. The van der Waals surface area contributed by atoms with Crippen LogP contribution in [-0.2, 0) is 19.1 Å². The van der Waals surface area contributed by atoms with Gasteiger partial charge < -0.3 is 25.0 Å². The zero-order valence-corrected chi connectivity index (χ0v) is 21.6. The van der Waals surface area contributed by atoms with Crippen molar-refractivity contribution in [2.75, 3.05) is 32.7 Å². The van der Waals surface area contributed by atoms with Crippen molar-refractivity contribution in [3.05, 3.63) is 41.1 Å². The number of rotatable bonds is 9. The number of esters is 1. The van der Waals surface area contributed by atoms with Gasteiger partial charge in [-0.05, 0) is 54.6 Å². The van der Waals surface area contributed by atoms with E-state index in [1.54, 1.807) is 19.1 Å². The second-order valence-corrected chi connectivity index (χ2v) is 10.2. The highest BCUT2D eigenvalue weighted by atomic mass is 32.1. The van der Waals surface area contributed by atoms with E-state index in [1.807, 2.05) is 31.2 Å². The van der Waals surface area contributed by atoms with Gasteiger partial charge in [-0.1, -0.05) is 39.8 Å². The number of allylic oxidation sites excluding steroid dienone is 1. The smallest absolute Gasteiger partial charge is 0.338 e. The molecule has 1 aromatic rings. The highest BCUT2D eigenvalue weighted by Crippen LogP contribution is 2.32. The van der Waals surface area contributed by atoms with Gasteiger partial charge in [0.05, 0.1) is 18.2 Å². The Hall–Kier alpha value is -2.45. The molecule has 7 nitrogen and oxygen atoms in total. The van der Waals surface area contributed by atoms with E-state index in [-0.39, 0.29) is 23.8 Å². The molecule has 1 amide bonds. The number of hydrogen-bond donors (Lipinski definition) is 2. The monoisotopic (exact) mass is 475 g/mol. The molecule has 2 atom stereocenters. The van der Waals surface area contributed by atoms with Crippen molar-refractivity contribution in [1.29, 1.82) is 0 Å². The Kier molecular flexibility index (Phi) is 9.43. The van der Waals surface area contributed by atoms with E-state index >= 15 is 0 Å². The minimum atomic E-state index is -0.486. The summed E-state index contributed by atoms with van der Waals surface area (Å²) in [4.78, 5) is 27.3. The third kappa shape index (κ3) is 7.82. The summed E-state index contributed by atoms with van der Waals surface area (Å²) in [6.45, 7) is 11.0. The number of methoxy groups -OCH3 is 1. The van der Waals surface area contributed by atoms with Gasteiger partial charge in [-0.25, -0.2) is 4.79 Å². The number of anilines is 1. The summed E-state index contributed by atoms with van der Waals surface area (Å²) in [5.74, 6) is -0.177. The van der Waals surface area contributed by atoms with Crippen molar-refractivity contribution in [2.24, 2.45) is 11.3 Å². The highest BCUT2D eigenvalue weighted by Gasteiger charge is 2.33. The maximum Gasteiger partial charge on any atom is 0.338 e. The van der Waals surface area contributed by atoms with Gasteiger partial charge >= 0.3 is 5.97 Å². The molecule has 2 N–H and O–H groups in total. The van der Waals surface area contributed by atoms with Gasteiger partial charge in [-0.2, -0.15) is 0 Å². The third-order valence-corrected chi connectivity index (χ3v) is 5.88. The van der Waals surface area contributed by atoms with Crippen molar-refractivity contribution in [1.82, 2.24) is 10.2 Å². The Morgan fingerprint density at radius 2 is 1.97 bits per heavy atom. The highest BCUT2D eigenvalue weighted by molar-refractivity contribution is 7.80. The molecule has 182 valence electrons. The lowest BCUT2D eigenvalue weighted by atomic mass is 9.84. The Balaban J connectivity index is 2.22. The standard InChI is InChI=1S/C25H37N3O4S/c1-16(15-25(3,4)5)13-20(29)26-19-10-8-9-18(14-19)22-21(23(30)32-12-11-31-7)17(2)28(6)24(33)27-22/h8-10,14,16,22H,11-13,15H2,1-7H3,(H,26,29)(H,27,33)/t16-,22-/m0/s1. The van der Waals surface area contributed by atoms with Crippen LogP contribution in [0.1, 0.15) is 59.1 Å². The van der Waals surface area contributed by atoms with Crippen LogP contribution in [0.15, 0.2) is 35.5 Å². The molecule has 0 aromatic heterocycles. The number of thiocarbonyl (C=S) groups is 1. The second kappa shape index (κ2) is 11.6. The van der Waals surface area contributed by atoms with Gasteiger partial charge in [-0.3, -0.25) is 4.79 Å². The summed E-state index contributed by atoms with van der Waals surface area (Å²) in [6.07, 6.45) is 1.42. The Morgan fingerprint density at radius 3 is 2.61 bits per heavy atom. The van der Waals surface area contributed by atoms with E-state index in [9.17, 15) is 9.59 Å². The normalized spacial score (nSPS) is 17.5. The first kappa shape index (κ1) is 26.8. The van der Waals surface area contributed by atoms with Crippen molar-refractivity contribution < 1.29 is 19.1 Å². The zero-order valence-electron chi connectivity index (χ0n) is 20.8. The minimum Gasteiger partial charge on any atom is -0.460 e. The summed E-state index contributed by atoms with van der Waals surface area (Å²) in [5.41, 5.74) is 2.86. The summed E-state index contributed by atoms with van der Waals surface area (Å²) in [6, 6.07) is 6.99. The van der Waals surface area contributed by atoms with Crippen LogP contribution in [0.5, 0.6) is 0 Å². The van der Waals surface area contributed by atoms with Crippen molar-refractivity contribution >= 4 is 34.9 Å². The second-order valence-electron chi connectivity index (χ2n) is 9.82. The molecule has 0 aliphatic carbocycles. The number of carbonyl (C=O) groups excluding carboxylic acids is 2. The maximum atomic E-state index is 12.9. The van der Waals surface area contributed by atoms with Crippen molar-refractivity contribution in [3.63, 3.8) is 0 Å². The fraction of sp³-hybridized carbons (Fsp3) is 0.560. The van der Waals surface area contributed by atoms with E-state index < -0.39 is 12.0 Å². The molecule has 8 heteroatoms. The van der Waals surface area contributed by atoms with Crippen LogP contribution in [0.3, 0.4) is 0 Å². The first-order chi connectivity index (χ1) is 15.4. The van der Waals surface area contributed by atoms with Gasteiger partial charge in [-0.15, -0.1) is 0 Å². The van der Waals surface area contributed by atoms with Crippen LogP contribution < -0.4 is 10.6 Å². The topological polar surface area (TPSA) is 79.9 Å². The number of amides is 1. The molecular weight excluding hydrogens is 438 g/mol. The van der Waals surface area contributed by atoms with Gasteiger partial charge in [0.1, 0.15) is 6.61 Å². The van der Waals surface area contributed by atoms with Crippen LogP contribution in [0.4, 0.5) is 5.69 Å². The van der Waals surface area contributed by atoms with Crippen LogP contribution in [0.25, 0.3) is 0 Å². The average Bonchev–Trinajstić information content (AvgIpc) is 2.70. The van der Waals surface area contributed by atoms with E-state index in [4.69, 9.17) is 21.7 Å². The molecular formula is C25H37N3O4S. The maximum absolute atomic E-state index is 12.9. The van der Waals surface area contributed by atoms with E-state index in [1.165, 1.54) is 0 Å². The van der Waals surface area contributed by atoms with Gasteiger partial charge in [0.25, 0.3) is 0 Å². The number of nitrogens with one attached hydrogen (secondary N) is 2. The molecule has 2 rings (SSSR count). The molecule has 0 saturated heterocycles. The van der Waals surface area contributed by atoms with Gasteiger partial charge in [0.15, 0.2) is 5.11 Å². The quantitative estimate of drug-likeness (QED) is 0.311. The number of carbonyl (C=O) groups is 2. The molecule has 0 bridgehead atoms. The first-order valence-electron chi connectivity index (χ1n) is 11.2.